The standard InChI is InChI=1S/C17H28N2O2/c1-12(14-7-5-3-4-6-8-14)19-10-16-15(11-20)9-18-13(2)17(16)21/h9,12,14,19-21H,3-8,10-11H2,1-2H3/t12-/m1/s1. The SMILES string of the molecule is Cc1ncc(CO)c(CN[C@H](C)C2CCCCCC2)c1O. The number of aliphatic hydroxyl groups is 1. The van der Waals surface area contributed by atoms with Crippen molar-refractivity contribution < 1.29 is 10.2 Å². The Morgan fingerprint density at radius 1 is 1.29 bits per heavy atom. The molecule has 1 aliphatic carbocycles. The molecule has 0 spiro atoms. The highest BCUT2D eigenvalue weighted by Crippen LogP contribution is 2.27. The second kappa shape index (κ2) is 7.76. The average molecular weight is 292 g/mol. The van der Waals surface area contributed by atoms with Crippen LogP contribution in [0.3, 0.4) is 0 Å². The van der Waals surface area contributed by atoms with Crippen molar-refractivity contribution in [3.8, 4) is 5.75 Å². The number of aromatic hydroxyl groups is 1. The zero-order valence-electron chi connectivity index (χ0n) is 13.2. The van der Waals surface area contributed by atoms with E-state index >= 15 is 0 Å². The van der Waals surface area contributed by atoms with Crippen LogP contribution in [0.25, 0.3) is 0 Å². The zero-order valence-corrected chi connectivity index (χ0v) is 13.2. The van der Waals surface area contributed by atoms with Crippen molar-refractivity contribution in [2.75, 3.05) is 0 Å². The molecular weight excluding hydrogens is 264 g/mol. The summed E-state index contributed by atoms with van der Waals surface area (Å²) in [6.07, 6.45) is 9.63. The van der Waals surface area contributed by atoms with Crippen LogP contribution in [0.2, 0.25) is 0 Å². The molecule has 21 heavy (non-hydrogen) atoms. The Kier molecular flexibility index (Phi) is 6.00. The molecule has 0 aliphatic heterocycles. The molecule has 1 heterocycles. The maximum absolute atomic E-state index is 10.2. The lowest BCUT2D eigenvalue weighted by Gasteiger charge is -2.24. The van der Waals surface area contributed by atoms with Crippen LogP contribution >= 0.6 is 0 Å². The summed E-state index contributed by atoms with van der Waals surface area (Å²) in [7, 11) is 0. The molecule has 1 aromatic heterocycles. The number of aromatic nitrogens is 1. The van der Waals surface area contributed by atoms with Crippen molar-refractivity contribution in [2.24, 2.45) is 5.92 Å². The first-order valence-electron chi connectivity index (χ1n) is 8.14. The first-order chi connectivity index (χ1) is 10.1. The van der Waals surface area contributed by atoms with Crippen LogP contribution in [0.5, 0.6) is 5.75 Å². The number of hydrogen-bond donors (Lipinski definition) is 3. The molecule has 1 atom stereocenters. The molecule has 0 radical (unpaired) electrons. The van der Waals surface area contributed by atoms with Gasteiger partial charge in [-0.3, -0.25) is 4.98 Å². The number of pyridine rings is 1. The minimum atomic E-state index is -0.0876. The Morgan fingerprint density at radius 3 is 2.57 bits per heavy atom. The zero-order chi connectivity index (χ0) is 15.2. The third-order valence-corrected chi connectivity index (χ3v) is 4.81. The Hall–Kier alpha value is -1.13. The first kappa shape index (κ1) is 16.2. The molecule has 0 saturated heterocycles. The molecule has 1 fully saturated rings. The lowest BCUT2D eigenvalue weighted by atomic mass is 9.92. The monoisotopic (exact) mass is 292 g/mol. The van der Waals surface area contributed by atoms with Crippen molar-refractivity contribution in [1.29, 1.82) is 0 Å². The summed E-state index contributed by atoms with van der Waals surface area (Å²) < 4.78 is 0. The van der Waals surface area contributed by atoms with Gasteiger partial charge in [-0.15, -0.1) is 0 Å². The number of nitrogens with one attached hydrogen (secondary N) is 1. The smallest absolute Gasteiger partial charge is 0.141 e. The fraction of sp³-hybridized carbons (Fsp3) is 0.706. The van der Waals surface area contributed by atoms with Gasteiger partial charge in [0.25, 0.3) is 0 Å². The summed E-state index contributed by atoms with van der Waals surface area (Å²) in [6, 6.07) is 0.433. The summed E-state index contributed by atoms with van der Waals surface area (Å²) in [4.78, 5) is 4.10. The van der Waals surface area contributed by atoms with E-state index in [1.165, 1.54) is 38.5 Å². The van der Waals surface area contributed by atoms with Crippen LogP contribution in [-0.4, -0.2) is 21.2 Å². The predicted octanol–water partition coefficient (Wildman–Crippen LogP) is 3.04. The van der Waals surface area contributed by atoms with E-state index in [1.807, 2.05) is 0 Å². The number of aliphatic hydroxyl groups excluding tert-OH is 1. The number of aryl methyl sites for hydroxylation is 1. The largest absolute Gasteiger partial charge is 0.506 e. The first-order valence-corrected chi connectivity index (χ1v) is 8.14. The normalized spacial score (nSPS) is 18.4. The topological polar surface area (TPSA) is 65.4 Å². The predicted molar refractivity (Wildman–Crippen MR) is 84.1 cm³/mol. The Morgan fingerprint density at radius 2 is 1.95 bits per heavy atom. The van der Waals surface area contributed by atoms with Crippen molar-refractivity contribution in [3.05, 3.63) is 23.0 Å². The molecule has 118 valence electrons. The van der Waals surface area contributed by atoms with E-state index in [-0.39, 0.29) is 12.4 Å². The second-order valence-corrected chi connectivity index (χ2v) is 6.28. The molecule has 0 aromatic carbocycles. The Balaban J connectivity index is 2.00. The van der Waals surface area contributed by atoms with Gasteiger partial charge in [0.1, 0.15) is 5.75 Å². The molecular formula is C17H28N2O2. The maximum atomic E-state index is 10.2. The third kappa shape index (κ3) is 4.17. The van der Waals surface area contributed by atoms with Crippen LogP contribution < -0.4 is 5.32 Å². The van der Waals surface area contributed by atoms with E-state index in [0.29, 0.717) is 23.8 Å². The van der Waals surface area contributed by atoms with Crippen LogP contribution in [0.1, 0.15) is 62.3 Å². The molecule has 1 saturated carbocycles. The van der Waals surface area contributed by atoms with Crippen LogP contribution in [0.4, 0.5) is 0 Å². The number of hydrogen-bond acceptors (Lipinski definition) is 4. The van der Waals surface area contributed by atoms with E-state index in [1.54, 1.807) is 13.1 Å². The van der Waals surface area contributed by atoms with Crippen molar-refractivity contribution in [2.45, 2.75) is 71.6 Å². The van der Waals surface area contributed by atoms with E-state index in [2.05, 4.69) is 17.2 Å². The molecule has 4 nitrogen and oxygen atoms in total. The van der Waals surface area contributed by atoms with Gasteiger partial charge in [0.15, 0.2) is 0 Å². The van der Waals surface area contributed by atoms with Crippen LogP contribution in [0.15, 0.2) is 6.20 Å². The van der Waals surface area contributed by atoms with Gasteiger partial charge < -0.3 is 15.5 Å². The van der Waals surface area contributed by atoms with Crippen LogP contribution in [-0.2, 0) is 13.2 Å². The highest BCUT2D eigenvalue weighted by molar-refractivity contribution is 5.40. The number of nitrogens with zero attached hydrogens (tertiary/aromatic N) is 1. The molecule has 1 aromatic rings. The van der Waals surface area contributed by atoms with Crippen LogP contribution in [0, 0.1) is 12.8 Å². The average Bonchev–Trinajstić information content (AvgIpc) is 2.77. The van der Waals surface area contributed by atoms with E-state index in [9.17, 15) is 10.2 Å². The van der Waals surface area contributed by atoms with Gasteiger partial charge in [0.05, 0.1) is 12.3 Å². The molecule has 2 rings (SSSR count). The summed E-state index contributed by atoms with van der Waals surface area (Å²) >= 11 is 0. The summed E-state index contributed by atoms with van der Waals surface area (Å²) in [5, 5.41) is 23.1. The molecule has 0 bridgehead atoms. The maximum Gasteiger partial charge on any atom is 0.141 e. The lowest BCUT2D eigenvalue weighted by Crippen LogP contribution is -2.33. The Bertz CT molecular complexity index is 454. The van der Waals surface area contributed by atoms with Crippen molar-refractivity contribution >= 4 is 0 Å². The highest BCUT2D eigenvalue weighted by Gasteiger charge is 2.20. The van der Waals surface area contributed by atoms with Gasteiger partial charge in [-0.25, -0.2) is 0 Å². The highest BCUT2D eigenvalue weighted by atomic mass is 16.3. The van der Waals surface area contributed by atoms with Gasteiger partial charge >= 0.3 is 0 Å². The minimum absolute atomic E-state index is 0.0876. The van der Waals surface area contributed by atoms with Gasteiger partial charge in [-0.1, -0.05) is 25.7 Å². The van der Waals surface area contributed by atoms with Gasteiger partial charge in [0.2, 0.25) is 0 Å². The molecule has 1 aliphatic rings. The molecule has 0 amide bonds. The lowest BCUT2D eigenvalue weighted by molar-refractivity contribution is 0.277. The van der Waals surface area contributed by atoms with Crippen molar-refractivity contribution in [1.82, 2.24) is 10.3 Å². The van der Waals surface area contributed by atoms with Gasteiger partial charge in [-0.2, -0.15) is 0 Å². The van der Waals surface area contributed by atoms with Gasteiger partial charge in [-0.05, 0) is 32.6 Å². The van der Waals surface area contributed by atoms with E-state index in [0.717, 1.165) is 11.5 Å². The molecule has 4 heteroatoms. The fourth-order valence-electron chi connectivity index (χ4n) is 3.26. The Labute approximate surface area is 127 Å². The molecule has 3 N–H and O–H groups in total. The fourth-order valence-corrected chi connectivity index (χ4v) is 3.26. The number of rotatable bonds is 5. The molecule has 0 unspecified atom stereocenters. The van der Waals surface area contributed by atoms with Gasteiger partial charge in [0, 0.05) is 29.9 Å². The summed E-state index contributed by atoms with van der Waals surface area (Å²) in [6.45, 7) is 4.52. The van der Waals surface area contributed by atoms with E-state index < -0.39 is 0 Å². The van der Waals surface area contributed by atoms with Crippen molar-refractivity contribution in [3.63, 3.8) is 0 Å². The quantitative estimate of drug-likeness (QED) is 0.730. The second-order valence-electron chi connectivity index (χ2n) is 6.28. The van der Waals surface area contributed by atoms with E-state index in [4.69, 9.17) is 0 Å². The minimum Gasteiger partial charge on any atom is -0.506 e. The summed E-state index contributed by atoms with van der Waals surface area (Å²) in [5.74, 6) is 0.928. The third-order valence-electron chi connectivity index (χ3n) is 4.81. The summed E-state index contributed by atoms with van der Waals surface area (Å²) in [5.41, 5.74) is 2.11.